The van der Waals surface area contributed by atoms with Gasteiger partial charge in [-0.2, -0.15) is 0 Å². The summed E-state index contributed by atoms with van der Waals surface area (Å²) in [4.78, 5) is 14.9. The van der Waals surface area contributed by atoms with Gasteiger partial charge >= 0.3 is 0 Å². The number of carbonyl (C=O) groups is 1. The normalized spacial score (nSPS) is 16.1. The largest absolute Gasteiger partial charge is 0.308 e. The van der Waals surface area contributed by atoms with Gasteiger partial charge in [-0.05, 0) is 50.6 Å². The second-order valence-corrected chi connectivity index (χ2v) is 7.65. The highest BCUT2D eigenvalue weighted by atomic mass is 79.9. The molecule has 25 heavy (non-hydrogen) atoms. The molecule has 0 radical (unpaired) electrons. The average Bonchev–Trinajstić information content (AvgIpc) is 3.14. The molecule has 1 atom stereocenters. The van der Waals surface area contributed by atoms with E-state index in [1.165, 1.54) is 24.0 Å². The third kappa shape index (κ3) is 5.00. The predicted molar refractivity (Wildman–Crippen MR) is 106 cm³/mol. The number of aryl methyl sites for hydroxylation is 1. The Hall–Kier alpha value is -1.49. The third-order valence-corrected chi connectivity index (χ3v) is 5.36. The van der Waals surface area contributed by atoms with E-state index < -0.39 is 0 Å². The maximum atomic E-state index is 12.3. The molecule has 2 aromatic carbocycles. The van der Waals surface area contributed by atoms with Crippen molar-refractivity contribution in [1.82, 2.24) is 10.2 Å². The molecule has 4 heteroatoms. The molecule has 2 aromatic rings. The quantitative estimate of drug-likeness (QED) is 0.700. The van der Waals surface area contributed by atoms with Crippen molar-refractivity contribution < 1.29 is 4.79 Å². The standard InChI is InChI=1S/C21H25BrN2O/c1-16-4-6-17(7-5-16)20(24-12-2-3-13-24)14-23-15-21(25)18-8-10-19(22)11-9-18/h4-11,20,23H,2-3,12-15H2,1H3. The zero-order valence-corrected chi connectivity index (χ0v) is 16.3. The molecule has 0 aromatic heterocycles. The van der Waals surface area contributed by atoms with Crippen LogP contribution in [0, 0.1) is 6.92 Å². The highest BCUT2D eigenvalue weighted by molar-refractivity contribution is 9.10. The second kappa shape index (κ2) is 8.75. The van der Waals surface area contributed by atoms with Crippen LogP contribution in [0.4, 0.5) is 0 Å². The number of rotatable bonds is 7. The van der Waals surface area contributed by atoms with Crippen molar-refractivity contribution in [1.29, 1.82) is 0 Å². The van der Waals surface area contributed by atoms with Crippen molar-refractivity contribution >= 4 is 21.7 Å². The first-order chi connectivity index (χ1) is 12.1. The Bertz CT molecular complexity index is 691. The van der Waals surface area contributed by atoms with Crippen LogP contribution in [0.1, 0.15) is 40.4 Å². The molecule has 1 aliphatic heterocycles. The van der Waals surface area contributed by atoms with Gasteiger partial charge in [-0.1, -0.05) is 57.9 Å². The fourth-order valence-electron chi connectivity index (χ4n) is 3.36. The van der Waals surface area contributed by atoms with E-state index in [9.17, 15) is 4.79 Å². The molecule has 3 nitrogen and oxygen atoms in total. The Labute approximate surface area is 158 Å². The van der Waals surface area contributed by atoms with E-state index in [1.54, 1.807) is 0 Å². The molecule has 3 rings (SSSR count). The van der Waals surface area contributed by atoms with E-state index in [-0.39, 0.29) is 5.78 Å². The van der Waals surface area contributed by atoms with Crippen molar-refractivity contribution in [3.63, 3.8) is 0 Å². The summed E-state index contributed by atoms with van der Waals surface area (Å²) in [7, 11) is 0. The van der Waals surface area contributed by atoms with Crippen LogP contribution in [0.25, 0.3) is 0 Å². The van der Waals surface area contributed by atoms with Crippen LogP contribution in [0.5, 0.6) is 0 Å². The van der Waals surface area contributed by atoms with Gasteiger partial charge in [0.2, 0.25) is 0 Å². The fourth-order valence-corrected chi connectivity index (χ4v) is 3.62. The maximum Gasteiger partial charge on any atom is 0.176 e. The fraction of sp³-hybridized carbons (Fsp3) is 0.381. The van der Waals surface area contributed by atoms with Gasteiger partial charge in [-0.25, -0.2) is 0 Å². The number of nitrogens with one attached hydrogen (secondary N) is 1. The first-order valence-electron chi connectivity index (χ1n) is 8.93. The molecule has 132 valence electrons. The Morgan fingerprint density at radius 1 is 1.08 bits per heavy atom. The van der Waals surface area contributed by atoms with Crippen molar-refractivity contribution in [2.75, 3.05) is 26.2 Å². The van der Waals surface area contributed by atoms with E-state index in [1.807, 2.05) is 24.3 Å². The van der Waals surface area contributed by atoms with Crippen LogP contribution in [-0.2, 0) is 0 Å². The molecule has 0 aliphatic carbocycles. The number of hydrogen-bond donors (Lipinski definition) is 1. The van der Waals surface area contributed by atoms with E-state index >= 15 is 0 Å². The van der Waals surface area contributed by atoms with Crippen molar-refractivity contribution in [2.24, 2.45) is 0 Å². The van der Waals surface area contributed by atoms with Crippen molar-refractivity contribution in [2.45, 2.75) is 25.8 Å². The molecule has 0 bridgehead atoms. The summed E-state index contributed by atoms with van der Waals surface area (Å²) < 4.78 is 0.991. The van der Waals surface area contributed by atoms with Crippen LogP contribution in [0.3, 0.4) is 0 Å². The van der Waals surface area contributed by atoms with Crippen LogP contribution < -0.4 is 5.32 Å². The summed E-state index contributed by atoms with van der Waals surface area (Å²) in [6, 6.07) is 16.7. The van der Waals surface area contributed by atoms with Crippen LogP contribution in [0.15, 0.2) is 53.0 Å². The predicted octanol–water partition coefficient (Wildman–Crippen LogP) is 4.37. The van der Waals surface area contributed by atoms with Gasteiger partial charge in [0.15, 0.2) is 5.78 Å². The summed E-state index contributed by atoms with van der Waals surface area (Å²) in [6.07, 6.45) is 2.53. The minimum atomic E-state index is 0.136. The Kier molecular flexibility index (Phi) is 6.40. The van der Waals surface area contributed by atoms with Gasteiger partial charge in [0, 0.05) is 22.6 Å². The third-order valence-electron chi connectivity index (χ3n) is 4.83. The molecule has 1 unspecified atom stereocenters. The molecule has 1 aliphatic rings. The van der Waals surface area contributed by atoms with E-state index in [2.05, 4.69) is 57.3 Å². The molecule has 1 saturated heterocycles. The van der Waals surface area contributed by atoms with Gasteiger partial charge in [-0.15, -0.1) is 0 Å². The summed E-state index contributed by atoms with van der Waals surface area (Å²) in [5.74, 6) is 0.136. The summed E-state index contributed by atoms with van der Waals surface area (Å²) in [6.45, 7) is 5.56. The SMILES string of the molecule is Cc1ccc(C(CNCC(=O)c2ccc(Br)cc2)N2CCCC2)cc1. The zero-order valence-electron chi connectivity index (χ0n) is 14.7. The number of Topliss-reactive ketones (excluding diaryl/α,β-unsaturated/α-hetero) is 1. The summed E-state index contributed by atoms with van der Waals surface area (Å²) in [5.41, 5.74) is 3.36. The molecule has 1 fully saturated rings. The van der Waals surface area contributed by atoms with E-state index in [0.29, 0.717) is 12.6 Å². The lowest BCUT2D eigenvalue weighted by Gasteiger charge is -2.28. The molecule has 1 N–H and O–H groups in total. The lowest BCUT2D eigenvalue weighted by molar-refractivity contribution is 0.0987. The minimum absolute atomic E-state index is 0.136. The molecule has 0 spiro atoms. The Balaban J connectivity index is 1.61. The lowest BCUT2D eigenvalue weighted by Crippen LogP contribution is -2.36. The van der Waals surface area contributed by atoms with Gasteiger partial charge in [0.05, 0.1) is 6.54 Å². The number of nitrogens with zero attached hydrogens (tertiary/aromatic N) is 1. The van der Waals surface area contributed by atoms with Crippen LogP contribution in [-0.4, -0.2) is 36.9 Å². The molecule has 0 amide bonds. The number of benzene rings is 2. The topological polar surface area (TPSA) is 32.3 Å². The second-order valence-electron chi connectivity index (χ2n) is 6.73. The van der Waals surface area contributed by atoms with Gasteiger partial charge in [-0.3, -0.25) is 9.69 Å². The number of halogens is 1. The average molecular weight is 401 g/mol. The highest BCUT2D eigenvalue weighted by Gasteiger charge is 2.23. The number of hydrogen-bond acceptors (Lipinski definition) is 3. The Morgan fingerprint density at radius 3 is 2.36 bits per heavy atom. The highest BCUT2D eigenvalue weighted by Crippen LogP contribution is 2.25. The van der Waals surface area contributed by atoms with Crippen LogP contribution in [0.2, 0.25) is 0 Å². The van der Waals surface area contributed by atoms with Crippen LogP contribution >= 0.6 is 15.9 Å². The van der Waals surface area contributed by atoms with Gasteiger partial charge in [0.25, 0.3) is 0 Å². The number of ketones is 1. The van der Waals surface area contributed by atoms with Crippen molar-refractivity contribution in [3.05, 3.63) is 69.7 Å². The first-order valence-corrected chi connectivity index (χ1v) is 9.73. The molecule has 0 saturated carbocycles. The van der Waals surface area contributed by atoms with Gasteiger partial charge < -0.3 is 5.32 Å². The van der Waals surface area contributed by atoms with E-state index in [0.717, 1.165) is 29.7 Å². The molecular weight excluding hydrogens is 376 g/mol. The van der Waals surface area contributed by atoms with E-state index in [4.69, 9.17) is 0 Å². The number of likely N-dealkylation sites (tertiary alicyclic amines) is 1. The zero-order chi connectivity index (χ0) is 17.6. The maximum absolute atomic E-state index is 12.3. The number of carbonyl (C=O) groups excluding carboxylic acids is 1. The lowest BCUT2D eigenvalue weighted by atomic mass is 10.0. The smallest absolute Gasteiger partial charge is 0.176 e. The Morgan fingerprint density at radius 2 is 1.72 bits per heavy atom. The first kappa shape index (κ1) is 18.3. The monoisotopic (exact) mass is 400 g/mol. The molecule has 1 heterocycles. The van der Waals surface area contributed by atoms with Crippen molar-refractivity contribution in [3.8, 4) is 0 Å². The summed E-state index contributed by atoms with van der Waals surface area (Å²) in [5, 5.41) is 3.39. The van der Waals surface area contributed by atoms with Gasteiger partial charge in [0.1, 0.15) is 0 Å². The summed E-state index contributed by atoms with van der Waals surface area (Å²) >= 11 is 3.40. The minimum Gasteiger partial charge on any atom is -0.308 e. The molecular formula is C21H25BrN2O.